The van der Waals surface area contributed by atoms with E-state index in [2.05, 4.69) is 39.1 Å². The first-order valence-corrected chi connectivity index (χ1v) is 8.39. The predicted molar refractivity (Wildman–Crippen MR) is 102 cm³/mol. The van der Waals surface area contributed by atoms with Gasteiger partial charge in [-0.05, 0) is 39.8 Å². The standard InChI is InChI=1S/C19H21N5O2/c1-11(2)24-12(3)9-14(13(24)4)10-20-22-19(26)17-15-7-5-6-8-16(15)18(25)23-21-17/h5-11H,1-4H3,(H,22,26)(H,23,25)/b20-10-. The van der Waals surface area contributed by atoms with E-state index in [0.717, 1.165) is 17.0 Å². The molecule has 0 unspecified atom stereocenters. The van der Waals surface area contributed by atoms with Crippen LogP contribution in [0.15, 0.2) is 40.2 Å². The molecule has 3 aromatic rings. The zero-order chi connectivity index (χ0) is 18.8. The van der Waals surface area contributed by atoms with Crippen molar-refractivity contribution in [2.24, 2.45) is 5.10 Å². The van der Waals surface area contributed by atoms with Gasteiger partial charge in [-0.15, -0.1) is 0 Å². The number of hydrogen-bond acceptors (Lipinski definition) is 4. The van der Waals surface area contributed by atoms with Crippen LogP contribution in [0.5, 0.6) is 0 Å². The third-order valence-electron chi connectivity index (χ3n) is 4.32. The molecule has 1 aromatic carbocycles. The number of amides is 1. The van der Waals surface area contributed by atoms with E-state index in [0.29, 0.717) is 16.8 Å². The molecule has 7 nitrogen and oxygen atoms in total. The van der Waals surface area contributed by atoms with Gasteiger partial charge >= 0.3 is 0 Å². The summed E-state index contributed by atoms with van der Waals surface area (Å²) in [5, 5.41) is 11.2. The first-order chi connectivity index (χ1) is 12.4. The summed E-state index contributed by atoms with van der Waals surface area (Å²) in [6.45, 7) is 8.30. The molecule has 2 N–H and O–H groups in total. The number of benzene rings is 1. The molecule has 0 saturated carbocycles. The van der Waals surface area contributed by atoms with E-state index in [1.165, 1.54) is 0 Å². The topological polar surface area (TPSA) is 92.1 Å². The van der Waals surface area contributed by atoms with Gasteiger partial charge in [0.1, 0.15) is 0 Å². The van der Waals surface area contributed by atoms with Gasteiger partial charge in [-0.2, -0.15) is 10.2 Å². The Bertz CT molecular complexity index is 1060. The maximum Gasteiger partial charge on any atom is 0.292 e. The van der Waals surface area contributed by atoms with Crippen LogP contribution in [0.2, 0.25) is 0 Å². The fourth-order valence-corrected chi connectivity index (χ4v) is 3.23. The summed E-state index contributed by atoms with van der Waals surface area (Å²) in [4.78, 5) is 24.2. The number of fused-ring (bicyclic) bond motifs is 1. The Labute approximate surface area is 150 Å². The van der Waals surface area contributed by atoms with Crippen molar-refractivity contribution in [3.8, 4) is 0 Å². The molecule has 0 aliphatic rings. The van der Waals surface area contributed by atoms with Crippen LogP contribution < -0.4 is 11.0 Å². The van der Waals surface area contributed by atoms with Gasteiger partial charge in [0, 0.05) is 28.4 Å². The molecule has 0 atom stereocenters. The minimum atomic E-state index is -0.480. The van der Waals surface area contributed by atoms with Crippen LogP contribution in [-0.4, -0.2) is 26.9 Å². The molecule has 0 spiro atoms. The number of carbonyl (C=O) groups excluding carboxylic acids is 1. The van der Waals surface area contributed by atoms with Crippen molar-refractivity contribution in [3.05, 3.63) is 63.3 Å². The molecule has 0 bridgehead atoms. The molecule has 3 rings (SSSR count). The lowest BCUT2D eigenvalue weighted by molar-refractivity contribution is 0.0951. The fourth-order valence-electron chi connectivity index (χ4n) is 3.23. The number of carbonyl (C=O) groups is 1. The minimum Gasteiger partial charge on any atom is -0.346 e. The highest BCUT2D eigenvalue weighted by atomic mass is 16.2. The van der Waals surface area contributed by atoms with Crippen molar-refractivity contribution >= 4 is 22.9 Å². The first-order valence-electron chi connectivity index (χ1n) is 8.39. The summed E-state index contributed by atoms with van der Waals surface area (Å²) < 4.78 is 2.21. The molecule has 1 amide bonds. The second kappa shape index (κ2) is 6.95. The Balaban J connectivity index is 1.84. The Morgan fingerprint density at radius 3 is 2.62 bits per heavy atom. The normalized spacial score (nSPS) is 11.6. The minimum absolute atomic E-state index is 0.130. The maximum atomic E-state index is 12.4. The molecular weight excluding hydrogens is 330 g/mol. The summed E-state index contributed by atoms with van der Waals surface area (Å²) >= 11 is 0. The van der Waals surface area contributed by atoms with Crippen LogP contribution >= 0.6 is 0 Å². The Kier molecular flexibility index (Phi) is 4.71. The number of aryl methyl sites for hydroxylation is 1. The lowest BCUT2D eigenvalue weighted by Gasteiger charge is -2.13. The van der Waals surface area contributed by atoms with Gasteiger partial charge in [0.25, 0.3) is 11.5 Å². The molecule has 0 fully saturated rings. The summed E-state index contributed by atoms with van der Waals surface area (Å²) in [6.07, 6.45) is 1.62. The van der Waals surface area contributed by atoms with Gasteiger partial charge in [0.2, 0.25) is 0 Å². The zero-order valence-corrected chi connectivity index (χ0v) is 15.2. The number of nitrogens with one attached hydrogen (secondary N) is 2. The van der Waals surface area contributed by atoms with Crippen LogP contribution in [0.3, 0.4) is 0 Å². The molecule has 26 heavy (non-hydrogen) atoms. The van der Waals surface area contributed by atoms with Crippen molar-refractivity contribution < 1.29 is 4.79 Å². The third kappa shape index (κ3) is 3.15. The highest BCUT2D eigenvalue weighted by Crippen LogP contribution is 2.18. The van der Waals surface area contributed by atoms with Crippen molar-refractivity contribution in [2.75, 3.05) is 0 Å². The molecule has 0 radical (unpaired) electrons. The number of H-pyrrole nitrogens is 1. The van der Waals surface area contributed by atoms with Crippen LogP contribution in [-0.2, 0) is 0 Å². The van der Waals surface area contributed by atoms with E-state index < -0.39 is 5.91 Å². The second-order valence-electron chi connectivity index (χ2n) is 6.44. The van der Waals surface area contributed by atoms with E-state index in [1.54, 1.807) is 30.5 Å². The number of rotatable bonds is 4. The summed E-state index contributed by atoms with van der Waals surface area (Å²) in [6, 6.07) is 9.21. The highest BCUT2D eigenvalue weighted by Gasteiger charge is 2.14. The van der Waals surface area contributed by atoms with Gasteiger partial charge in [0.15, 0.2) is 5.69 Å². The van der Waals surface area contributed by atoms with E-state index in [4.69, 9.17) is 0 Å². The second-order valence-corrected chi connectivity index (χ2v) is 6.44. The van der Waals surface area contributed by atoms with Crippen LogP contribution in [0.25, 0.3) is 10.8 Å². The average Bonchev–Trinajstić information content (AvgIpc) is 2.89. The number of nitrogens with zero attached hydrogens (tertiary/aromatic N) is 3. The van der Waals surface area contributed by atoms with Crippen molar-refractivity contribution in [1.29, 1.82) is 0 Å². The quantitative estimate of drug-likeness (QED) is 0.559. The predicted octanol–water partition coefficient (Wildman–Crippen LogP) is 2.69. The molecule has 2 aromatic heterocycles. The van der Waals surface area contributed by atoms with Crippen LogP contribution in [0.4, 0.5) is 0 Å². The lowest BCUT2D eigenvalue weighted by atomic mass is 10.1. The first kappa shape index (κ1) is 17.6. The smallest absolute Gasteiger partial charge is 0.292 e. The summed E-state index contributed by atoms with van der Waals surface area (Å²) in [7, 11) is 0. The molecule has 0 saturated heterocycles. The van der Waals surface area contributed by atoms with Gasteiger partial charge in [-0.1, -0.05) is 18.2 Å². The Morgan fingerprint density at radius 1 is 1.27 bits per heavy atom. The van der Waals surface area contributed by atoms with Crippen LogP contribution in [0.1, 0.15) is 47.3 Å². The molecule has 7 heteroatoms. The monoisotopic (exact) mass is 351 g/mol. The lowest BCUT2D eigenvalue weighted by Crippen LogP contribution is -2.22. The molecule has 0 aliphatic carbocycles. The Morgan fingerprint density at radius 2 is 1.96 bits per heavy atom. The van der Waals surface area contributed by atoms with Crippen molar-refractivity contribution in [1.82, 2.24) is 20.2 Å². The number of aromatic amines is 1. The van der Waals surface area contributed by atoms with E-state index in [9.17, 15) is 9.59 Å². The maximum absolute atomic E-state index is 12.4. The van der Waals surface area contributed by atoms with Crippen molar-refractivity contribution in [3.63, 3.8) is 0 Å². The molecule has 0 aliphatic heterocycles. The summed E-state index contributed by atoms with van der Waals surface area (Å²) in [5.41, 5.74) is 5.44. The zero-order valence-electron chi connectivity index (χ0n) is 15.2. The van der Waals surface area contributed by atoms with Gasteiger partial charge in [-0.25, -0.2) is 10.5 Å². The van der Waals surface area contributed by atoms with Gasteiger partial charge in [-0.3, -0.25) is 9.59 Å². The third-order valence-corrected chi connectivity index (χ3v) is 4.32. The number of hydrazone groups is 1. The van der Waals surface area contributed by atoms with Gasteiger partial charge < -0.3 is 4.57 Å². The fraction of sp³-hybridized carbons (Fsp3) is 0.263. The van der Waals surface area contributed by atoms with Gasteiger partial charge in [0.05, 0.1) is 11.6 Å². The molecule has 134 valence electrons. The Hall–Kier alpha value is -3.22. The number of aromatic nitrogens is 3. The van der Waals surface area contributed by atoms with Crippen molar-refractivity contribution in [2.45, 2.75) is 33.7 Å². The van der Waals surface area contributed by atoms with Crippen LogP contribution in [0, 0.1) is 13.8 Å². The van der Waals surface area contributed by atoms with E-state index in [-0.39, 0.29) is 11.3 Å². The molecule has 2 heterocycles. The summed E-state index contributed by atoms with van der Waals surface area (Å²) in [5.74, 6) is -0.480. The SMILES string of the molecule is Cc1cc(/C=N\NC(=O)c2n[nH]c(=O)c3ccccc23)c(C)n1C(C)C. The van der Waals surface area contributed by atoms with E-state index >= 15 is 0 Å². The average molecular weight is 351 g/mol. The largest absolute Gasteiger partial charge is 0.346 e. The highest BCUT2D eigenvalue weighted by molar-refractivity contribution is 6.04. The van der Waals surface area contributed by atoms with E-state index in [1.807, 2.05) is 19.9 Å². The number of hydrogen-bond donors (Lipinski definition) is 2. The molecular formula is C19H21N5O2.